The van der Waals surface area contributed by atoms with Crippen molar-refractivity contribution >= 4 is 17.5 Å². The molecule has 0 atom stereocenters. The lowest BCUT2D eigenvalue weighted by molar-refractivity contribution is 0.00925. The van der Waals surface area contributed by atoms with Gasteiger partial charge in [-0.2, -0.15) is 4.39 Å². The zero-order valence-corrected chi connectivity index (χ0v) is 14.9. The SMILES string of the molecule is O=C(N1CC2(C1)CN(c1ccc(F)cn1)C2)N1CCOc2c1ccc(F)c2F. The number of nitrogens with zero attached hydrogens (tertiary/aromatic N) is 4. The number of carbonyl (C=O) groups excluding carboxylic acids is 1. The van der Waals surface area contributed by atoms with Crippen molar-refractivity contribution in [3.05, 3.63) is 47.9 Å². The normalized spacial score (nSPS) is 19.6. The Kier molecular flexibility index (Phi) is 3.68. The Morgan fingerprint density at radius 1 is 1.07 bits per heavy atom. The Hall–Kier alpha value is -2.97. The van der Waals surface area contributed by atoms with Crippen molar-refractivity contribution in [2.75, 3.05) is 49.1 Å². The van der Waals surface area contributed by atoms with Crippen LogP contribution in [0.3, 0.4) is 0 Å². The number of hydrogen-bond donors (Lipinski definition) is 0. The minimum atomic E-state index is -1.07. The van der Waals surface area contributed by atoms with Crippen LogP contribution in [0.15, 0.2) is 30.5 Å². The molecule has 3 aliphatic rings. The molecular formula is C19H17F3N4O2. The molecule has 2 saturated heterocycles. The highest BCUT2D eigenvalue weighted by atomic mass is 19.2. The van der Waals surface area contributed by atoms with Gasteiger partial charge in [0.1, 0.15) is 18.2 Å². The van der Waals surface area contributed by atoms with E-state index in [0.717, 1.165) is 25.0 Å². The maximum absolute atomic E-state index is 13.9. The second kappa shape index (κ2) is 6.02. The lowest BCUT2D eigenvalue weighted by atomic mass is 9.73. The molecule has 6 nitrogen and oxygen atoms in total. The molecule has 0 unspecified atom stereocenters. The van der Waals surface area contributed by atoms with Gasteiger partial charge in [0.2, 0.25) is 5.82 Å². The maximum Gasteiger partial charge on any atom is 0.324 e. The van der Waals surface area contributed by atoms with Gasteiger partial charge >= 0.3 is 6.03 Å². The summed E-state index contributed by atoms with van der Waals surface area (Å²) in [4.78, 5) is 22.1. The largest absolute Gasteiger partial charge is 0.486 e. The molecule has 3 aliphatic heterocycles. The lowest BCUT2D eigenvalue weighted by Gasteiger charge is -2.60. The fourth-order valence-electron chi connectivity index (χ4n) is 4.18. The van der Waals surface area contributed by atoms with Crippen molar-refractivity contribution in [2.24, 2.45) is 5.41 Å². The average molecular weight is 390 g/mol. The molecule has 0 radical (unpaired) electrons. The Balaban J connectivity index is 1.24. The van der Waals surface area contributed by atoms with E-state index in [0.29, 0.717) is 13.1 Å². The summed E-state index contributed by atoms with van der Waals surface area (Å²) < 4.78 is 45.6. The highest BCUT2D eigenvalue weighted by Gasteiger charge is 2.54. The van der Waals surface area contributed by atoms with E-state index in [9.17, 15) is 18.0 Å². The predicted molar refractivity (Wildman–Crippen MR) is 95.0 cm³/mol. The Morgan fingerprint density at radius 3 is 2.57 bits per heavy atom. The second-order valence-electron chi connectivity index (χ2n) is 7.54. The van der Waals surface area contributed by atoms with Gasteiger partial charge in [0.25, 0.3) is 0 Å². The Morgan fingerprint density at radius 2 is 1.86 bits per heavy atom. The van der Waals surface area contributed by atoms with Gasteiger partial charge in [-0.15, -0.1) is 0 Å². The number of hydrogen-bond acceptors (Lipinski definition) is 4. The summed E-state index contributed by atoms with van der Waals surface area (Å²) in [6.07, 6.45) is 1.19. The summed E-state index contributed by atoms with van der Waals surface area (Å²) in [6.45, 7) is 3.05. The molecule has 2 fully saturated rings. The number of urea groups is 1. The lowest BCUT2D eigenvalue weighted by Crippen LogP contribution is -2.74. The van der Waals surface area contributed by atoms with Crippen LogP contribution in [0.1, 0.15) is 0 Å². The number of rotatable bonds is 1. The highest BCUT2D eigenvalue weighted by Crippen LogP contribution is 2.43. The molecular weight excluding hydrogens is 373 g/mol. The molecule has 0 aliphatic carbocycles. The van der Waals surface area contributed by atoms with Gasteiger partial charge < -0.3 is 14.5 Å². The summed E-state index contributed by atoms with van der Waals surface area (Å²) in [7, 11) is 0. The van der Waals surface area contributed by atoms with E-state index in [1.54, 1.807) is 11.0 Å². The minimum Gasteiger partial charge on any atom is -0.486 e. The first-order chi connectivity index (χ1) is 13.5. The van der Waals surface area contributed by atoms with Crippen molar-refractivity contribution < 1.29 is 22.7 Å². The molecule has 2 aromatic rings. The molecule has 1 aromatic carbocycles. The van der Waals surface area contributed by atoms with Crippen molar-refractivity contribution in [2.45, 2.75) is 0 Å². The van der Waals surface area contributed by atoms with Gasteiger partial charge in [-0.1, -0.05) is 0 Å². The first kappa shape index (κ1) is 17.2. The number of benzene rings is 1. The van der Waals surface area contributed by atoms with E-state index in [2.05, 4.69) is 4.98 Å². The average Bonchev–Trinajstić information content (AvgIpc) is 2.63. The molecule has 1 spiro atoms. The van der Waals surface area contributed by atoms with Crippen LogP contribution in [0.25, 0.3) is 0 Å². The number of anilines is 2. The van der Waals surface area contributed by atoms with Crippen LogP contribution in [0.4, 0.5) is 29.5 Å². The summed E-state index contributed by atoms with van der Waals surface area (Å²) >= 11 is 0. The third-order valence-electron chi connectivity index (χ3n) is 5.52. The summed E-state index contributed by atoms with van der Waals surface area (Å²) in [6, 6.07) is 5.15. The van der Waals surface area contributed by atoms with E-state index in [1.807, 2.05) is 4.90 Å². The fourth-order valence-corrected chi connectivity index (χ4v) is 4.18. The van der Waals surface area contributed by atoms with Crippen LogP contribution in [-0.2, 0) is 0 Å². The molecule has 0 bridgehead atoms. The van der Waals surface area contributed by atoms with Crippen LogP contribution in [0.5, 0.6) is 5.75 Å². The van der Waals surface area contributed by atoms with Crippen LogP contribution >= 0.6 is 0 Å². The molecule has 146 valence electrons. The molecule has 9 heteroatoms. The van der Waals surface area contributed by atoms with Gasteiger partial charge in [-0.3, -0.25) is 4.90 Å². The Bertz CT molecular complexity index is 939. The smallest absolute Gasteiger partial charge is 0.324 e. The van der Waals surface area contributed by atoms with Crippen molar-refractivity contribution in [3.63, 3.8) is 0 Å². The molecule has 0 N–H and O–H groups in total. The molecule has 2 amide bonds. The zero-order valence-electron chi connectivity index (χ0n) is 14.9. The molecule has 0 saturated carbocycles. The Labute approximate surface area is 159 Å². The van der Waals surface area contributed by atoms with E-state index in [-0.39, 0.29) is 41.9 Å². The predicted octanol–water partition coefficient (Wildman–Crippen LogP) is 2.64. The number of likely N-dealkylation sites (tertiary alicyclic amines) is 1. The summed E-state index contributed by atoms with van der Waals surface area (Å²) in [5.74, 6) is -1.94. The van der Waals surface area contributed by atoms with Crippen LogP contribution < -0.4 is 14.5 Å². The quantitative estimate of drug-likeness (QED) is 0.751. The number of halogens is 3. The summed E-state index contributed by atoms with van der Waals surface area (Å²) in [5, 5.41) is 0. The molecule has 1 aromatic heterocycles. The van der Waals surface area contributed by atoms with Crippen LogP contribution in [0.2, 0.25) is 0 Å². The van der Waals surface area contributed by atoms with Gasteiger partial charge in [0.15, 0.2) is 11.6 Å². The minimum absolute atomic E-state index is 0.00882. The molecule has 5 rings (SSSR count). The topological polar surface area (TPSA) is 48.9 Å². The highest BCUT2D eigenvalue weighted by molar-refractivity contribution is 5.94. The van der Waals surface area contributed by atoms with Crippen LogP contribution in [-0.4, -0.2) is 55.2 Å². The van der Waals surface area contributed by atoms with Gasteiger partial charge in [0.05, 0.1) is 18.4 Å². The second-order valence-corrected chi connectivity index (χ2v) is 7.54. The number of pyridine rings is 1. The third kappa shape index (κ3) is 2.56. The zero-order chi connectivity index (χ0) is 19.5. The van der Waals surface area contributed by atoms with Gasteiger partial charge in [-0.05, 0) is 24.3 Å². The van der Waals surface area contributed by atoms with E-state index in [4.69, 9.17) is 4.74 Å². The van der Waals surface area contributed by atoms with Gasteiger partial charge in [-0.25, -0.2) is 18.6 Å². The van der Waals surface area contributed by atoms with E-state index < -0.39 is 11.6 Å². The van der Waals surface area contributed by atoms with Crippen molar-refractivity contribution in [3.8, 4) is 5.75 Å². The third-order valence-corrected chi connectivity index (χ3v) is 5.52. The van der Waals surface area contributed by atoms with Crippen molar-refractivity contribution in [1.82, 2.24) is 9.88 Å². The number of fused-ring (bicyclic) bond motifs is 1. The van der Waals surface area contributed by atoms with E-state index in [1.165, 1.54) is 23.2 Å². The number of amides is 2. The standard InChI is InChI=1S/C19H17F3N4O2/c20-12-1-4-15(23-7-12)24-8-19(9-24)10-25(11-19)18(27)26-5-6-28-17-14(26)3-2-13(21)16(17)22/h1-4,7H,5-6,8-11H2. The number of ether oxygens (including phenoxy) is 1. The molecule has 28 heavy (non-hydrogen) atoms. The van der Waals surface area contributed by atoms with Gasteiger partial charge in [0, 0.05) is 31.6 Å². The summed E-state index contributed by atoms with van der Waals surface area (Å²) in [5.41, 5.74) is 0.261. The maximum atomic E-state index is 13.9. The number of carbonyl (C=O) groups is 1. The fraction of sp³-hybridized carbons (Fsp3) is 0.368. The first-order valence-corrected chi connectivity index (χ1v) is 9.00. The van der Waals surface area contributed by atoms with Crippen LogP contribution in [0, 0.1) is 22.9 Å². The number of aromatic nitrogens is 1. The van der Waals surface area contributed by atoms with Crippen molar-refractivity contribution in [1.29, 1.82) is 0 Å². The molecule has 4 heterocycles. The van der Waals surface area contributed by atoms with E-state index >= 15 is 0 Å². The monoisotopic (exact) mass is 390 g/mol. The first-order valence-electron chi connectivity index (χ1n) is 9.00.